The molecule has 2 fully saturated rings. The van der Waals surface area contributed by atoms with Crippen LogP contribution >= 0.6 is 0 Å². The molecule has 0 unspecified atom stereocenters. The van der Waals surface area contributed by atoms with Crippen molar-refractivity contribution in [2.75, 3.05) is 38.0 Å². The minimum Gasteiger partial charge on any atom is -0.478 e. The number of hydrogen-bond acceptors (Lipinski definition) is 9. The molecule has 2 aromatic heterocycles. The van der Waals surface area contributed by atoms with E-state index >= 15 is 0 Å². The summed E-state index contributed by atoms with van der Waals surface area (Å²) in [5.74, 6) is -2.34. The summed E-state index contributed by atoms with van der Waals surface area (Å²) in [4.78, 5) is 49.6. The number of esters is 1. The van der Waals surface area contributed by atoms with Crippen molar-refractivity contribution in [1.82, 2.24) is 29.5 Å². The van der Waals surface area contributed by atoms with Crippen molar-refractivity contribution in [1.29, 1.82) is 0 Å². The molecule has 1 saturated carbocycles. The number of fused-ring (bicyclic) bond motifs is 1. The van der Waals surface area contributed by atoms with Crippen molar-refractivity contribution in [3.05, 3.63) is 24.7 Å². The minimum atomic E-state index is -1.37. The third-order valence-corrected chi connectivity index (χ3v) is 6.91. The van der Waals surface area contributed by atoms with Crippen LogP contribution in [0.2, 0.25) is 0 Å². The molecule has 0 bridgehead atoms. The highest BCUT2D eigenvalue weighted by Gasteiger charge is 2.45. The van der Waals surface area contributed by atoms with Crippen LogP contribution < -0.4 is 5.32 Å². The van der Waals surface area contributed by atoms with Crippen LogP contribution in [0.4, 0.5) is 5.82 Å². The number of carboxylic acid groups (broad SMARTS) is 1. The number of amides is 1. The van der Waals surface area contributed by atoms with Gasteiger partial charge in [0.1, 0.15) is 12.1 Å². The Balaban J connectivity index is 1.43. The summed E-state index contributed by atoms with van der Waals surface area (Å²) in [6, 6.07) is 0.556. The smallest absolute Gasteiger partial charge is 0.332 e. The Kier molecular flexibility index (Phi) is 7.94. The summed E-state index contributed by atoms with van der Waals surface area (Å²) in [5.41, 5.74) is -0.756. The van der Waals surface area contributed by atoms with Crippen molar-refractivity contribution in [2.45, 2.75) is 57.7 Å². The molecule has 0 atom stereocenters. The zero-order chi connectivity index (χ0) is 25.7. The normalized spacial score (nSPS) is 18.8. The lowest BCUT2D eigenvalue weighted by Crippen LogP contribution is -2.49. The Morgan fingerprint density at radius 1 is 1.11 bits per heavy atom. The summed E-state index contributed by atoms with van der Waals surface area (Å²) in [7, 11) is 0. The Bertz CT molecular complexity index is 1130. The maximum absolute atomic E-state index is 13.2. The predicted octanol–water partition coefficient (Wildman–Crippen LogP) is 1.29. The summed E-state index contributed by atoms with van der Waals surface area (Å²) in [6.07, 6.45) is 6.63. The maximum Gasteiger partial charge on any atom is 0.332 e. The van der Waals surface area contributed by atoms with Gasteiger partial charge < -0.3 is 15.2 Å². The highest BCUT2D eigenvalue weighted by Crippen LogP contribution is 2.35. The Morgan fingerprint density at radius 2 is 1.83 bits per heavy atom. The van der Waals surface area contributed by atoms with E-state index in [4.69, 9.17) is 9.84 Å². The molecular weight excluding hydrogens is 466 g/mol. The van der Waals surface area contributed by atoms with Crippen LogP contribution in [0.5, 0.6) is 0 Å². The van der Waals surface area contributed by atoms with E-state index in [1.165, 1.54) is 6.33 Å². The molecule has 12 heteroatoms. The highest BCUT2D eigenvalue weighted by molar-refractivity contribution is 6.03. The fourth-order valence-electron chi connectivity index (χ4n) is 4.80. The fourth-order valence-corrected chi connectivity index (χ4v) is 4.80. The van der Waals surface area contributed by atoms with Gasteiger partial charge in [0.2, 0.25) is 0 Å². The first-order chi connectivity index (χ1) is 17.3. The van der Waals surface area contributed by atoms with Gasteiger partial charge in [-0.1, -0.05) is 0 Å². The van der Waals surface area contributed by atoms with Crippen LogP contribution in [-0.2, 0) is 25.7 Å². The Labute approximate surface area is 209 Å². The molecule has 2 aromatic rings. The third-order valence-electron chi connectivity index (χ3n) is 6.91. The molecule has 3 heterocycles. The van der Waals surface area contributed by atoms with Crippen LogP contribution in [0.1, 0.15) is 39.5 Å². The largest absolute Gasteiger partial charge is 0.478 e. The molecule has 1 aliphatic heterocycles. The standard InChI is InChI=1S/C24H33N7O5/c1-17(2)30-12-9-29(10-13-30)11-14-31-22-18(15-27-31)21(25-16-26-22)28-23(35)24(7-3-4-8-24)36-20(34)6-5-19(32)33/h5-6,15-17H,3-4,7-14H2,1-2H3,(H,32,33)(H,25,26,28,35)/b6-5-. The van der Waals surface area contributed by atoms with Crippen molar-refractivity contribution in [2.24, 2.45) is 0 Å². The zero-order valence-corrected chi connectivity index (χ0v) is 20.7. The summed E-state index contributed by atoms with van der Waals surface area (Å²) in [6.45, 7) is 10.1. The number of carbonyl (C=O) groups is 3. The van der Waals surface area contributed by atoms with E-state index in [1.54, 1.807) is 6.20 Å². The zero-order valence-electron chi connectivity index (χ0n) is 20.7. The molecule has 12 nitrogen and oxygen atoms in total. The topological polar surface area (TPSA) is 143 Å². The maximum atomic E-state index is 13.2. The minimum absolute atomic E-state index is 0.296. The number of aromatic nitrogens is 4. The van der Waals surface area contributed by atoms with Crippen LogP contribution in [0.3, 0.4) is 0 Å². The van der Waals surface area contributed by atoms with Crippen molar-refractivity contribution in [3.8, 4) is 0 Å². The van der Waals surface area contributed by atoms with Crippen molar-refractivity contribution >= 4 is 34.7 Å². The van der Waals surface area contributed by atoms with E-state index in [0.29, 0.717) is 61.2 Å². The first kappa shape index (κ1) is 25.7. The lowest BCUT2D eigenvalue weighted by atomic mass is 10.0. The summed E-state index contributed by atoms with van der Waals surface area (Å²) < 4.78 is 7.26. The number of aliphatic carboxylic acids is 1. The highest BCUT2D eigenvalue weighted by atomic mass is 16.6. The van der Waals surface area contributed by atoms with E-state index in [2.05, 4.69) is 44.0 Å². The van der Waals surface area contributed by atoms with Gasteiger partial charge in [-0.15, -0.1) is 0 Å². The Hall–Kier alpha value is -3.38. The fraction of sp³-hybridized carbons (Fsp3) is 0.583. The number of piperazine rings is 1. The van der Waals surface area contributed by atoms with Gasteiger partial charge in [-0.3, -0.25) is 14.6 Å². The van der Waals surface area contributed by atoms with Gasteiger partial charge in [0.25, 0.3) is 5.91 Å². The van der Waals surface area contributed by atoms with Gasteiger partial charge in [-0.2, -0.15) is 5.10 Å². The second kappa shape index (κ2) is 11.1. The number of ether oxygens (including phenoxy) is 1. The molecule has 0 radical (unpaired) electrons. The number of hydrogen-bond donors (Lipinski definition) is 2. The number of rotatable bonds is 9. The van der Waals surface area contributed by atoms with Gasteiger partial charge in [0, 0.05) is 50.9 Å². The Morgan fingerprint density at radius 3 is 2.50 bits per heavy atom. The molecule has 2 N–H and O–H groups in total. The molecular formula is C24H33N7O5. The number of nitrogens with one attached hydrogen (secondary N) is 1. The van der Waals surface area contributed by atoms with E-state index in [0.717, 1.165) is 38.8 Å². The van der Waals surface area contributed by atoms with E-state index in [9.17, 15) is 14.4 Å². The van der Waals surface area contributed by atoms with E-state index in [1.807, 2.05) is 4.68 Å². The van der Waals surface area contributed by atoms with Crippen LogP contribution in [-0.4, -0.2) is 96.9 Å². The third kappa shape index (κ3) is 5.88. The molecule has 0 aromatic carbocycles. The van der Waals surface area contributed by atoms with Crippen molar-refractivity contribution < 1.29 is 24.2 Å². The number of carbonyl (C=O) groups excluding carboxylic acids is 2. The van der Waals surface area contributed by atoms with Crippen LogP contribution in [0, 0.1) is 0 Å². The molecule has 0 spiro atoms. The average molecular weight is 500 g/mol. The number of anilines is 1. The summed E-state index contributed by atoms with van der Waals surface area (Å²) >= 11 is 0. The first-order valence-electron chi connectivity index (χ1n) is 12.4. The lowest BCUT2D eigenvalue weighted by Gasteiger charge is -2.36. The number of nitrogens with zero attached hydrogens (tertiary/aromatic N) is 6. The van der Waals surface area contributed by atoms with Crippen LogP contribution in [0.15, 0.2) is 24.7 Å². The second-order valence-corrected chi connectivity index (χ2v) is 9.55. The molecule has 36 heavy (non-hydrogen) atoms. The first-order valence-corrected chi connectivity index (χ1v) is 12.4. The van der Waals surface area contributed by atoms with E-state index < -0.39 is 23.4 Å². The quantitative estimate of drug-likeness (QED) is 0.383. The van der Waals surface area contributed by atoms with Crippen molar-refractivity contribution in [3.63, 3.8) is 0 Å². The van der Waals surface area contributed by atoms with Gasteiger partial charge >= 0.3 is 11.9 Å². The average Bonchev–Trinajstić information content (AvgIpc) is 3.50. The molecule has 1 amide bonds. The monoisotopic (exact) mass is 499 g/mol. The number of carboxylic acids is 1. The molecule has 2 aliphatic rings. The van der Waals surface area contributed by atoms with Gasteiger partial charge in [0.15, 0.2) is 11.2 Å². The predicted molar refractivity (Wildman–Crippen MR) is 131 cm³/mol. The molecule has 4 rings (SSSR count). The second-order valence-electron chi connectivity index (χ2n) is 9.55. The van der Waals surface area contributed by atoms with Gasteiger partial charge in [0.05, 0.1) is 18.1 Å². The lowest BCUT2D eigenvalue weighted by molar-refractivity contribution is -0.161. The van der Waals surface area contributed by atoms with Gasteiger partial charge in [-0.25, -0.2) is 24.2 Å². The molecule has 1 aliphatic carbocycles. The summed E-state index contributed by atoms with van der Waals surface area (Å²) in [5, 5.41) is 16.6. The van der Waals surface area contributed by atoms with Crippen LogP contribution in [0.25, 0.3) is 11.0 Å². The van der Waals surface area contributed by atoms with Gasteiger partial charge in [-0.05, 0) is 39.5 Å². The molecule has 1 saturated heterocycles. The van der Waals surface area contributed by atoms with E-state index in [-0.39, 0.29) is 0 Å². The molecule has 194 valence electrons. The SMILES string of the molecule is CC(C)N1CCN(CCn2ncc3c(NC(=O)C4(OC(=O)/C=C\C(=O)O)CCCC4)ncnc32)CC1.